The van der Waals surface area contributed by atoms with Crippen molar-refractivity contribution >= 4 is 5.91 Å². The van der Waals surface area contributed by atoms with Gasteiger partial charge in [0.1, 0.15) is 17.3 Å². The highest BCUT2D eigenvalue weighted by atomic mass is 16.5. The molecule has 28 heavy (non-hydrogen) atoms. The number of methoxy groups -OCH3 is 1. The summed E-state index contributed by atoms with van der Waals surface area (Å²) in [6.45, 7) is 3.03. The highest BCUT2D eigenvalue weighted by Gasteiger charge is 2.44. The number of aromatic amines is 1. The number of ether oxygens (including phenoxy) is 1. The topological polar surface area (TPSA) is 70.2 Å². The zero-order chi connectivity index (χ0) is 19.1. The predicted molar refractivity (Wildman–Crippen MR) is 107 cm³/mol. The molecule has 148 valence electrons. The van der Waals surface area contributed by atoms with Crippen molar-refractivity contribution in [2.45, 2.75) is 50.0 Å². The van der Waals surface area contributed by atoms with Crippen LogP contribution in [0.2, 0.25) is 0 Å². The van der Waals surface area contributed by atoms with Crippen molar-refractivity contribution in [1.29, 1.82) is 0 Å². The number of hydrogen-bond acceptors (Lipinski definition) is 4. The second kappa shape index (κ2) is 6.92. The van der Waals surface area contributed by atoms with Crippen LogP contribution < -0.4 is 10.1 Å². The minimum absolute atomic E-state index is 0.0601. The third-order valence-corrected chi connectivity index (χ3v) is 6.88. The van der Waals surface area contributed by atoms with Gasteiger partial charge < -0.3 is 15.0 Å². The van der Waals surface area contributed by atoms with Gasteiger partial charge in [-0.05, 0) is 62.9 Å². The molecule has 1 aromatic carbocycles. The van der Waals surface area contributed by atoms with Crippen molar-refractivity contribution in [3.63, 3.8) is 0 Å². The lowest BCUT2D eigenvalue weighted by atomic mass is 9.90. The van der Waals surface area contributed by atoms with Crippen LogP contribution >= 0.6 is 0 Å². The Morgan fingerprint density at radius 3 is 2.89 bits per heavy atom. The molecule has 3 aliphatic heterocycles. The van der Waals surface area contributed by atoms with Crippen LogP contribution in [0.25, 0.3) is 0 Å². The lowest BCUT2D eigenvalue weighted by molar-refractivity contribution is 0.0949. The minimum Gasteiger partial charge on any atom is -0.497 e. The Kier molecular flexibility index (Phi) is 4.38. The number of benzene rings is 1. The van der Waals surface area contributed by atoms with Crippen molar-refractivity contribution in [3.05, 3.63) is 47.0 Å². The normalized spacial score (nSPS) is 23.8. The van der Waals surface area contributed by atoms with E-state index in [2.05, 4.69) is 27.3 Å². The zero-order valence-electron chi connectivity index (χ0n) is 16.5. The first-order valence-corrected chi connectivity index (χ1v) is 10.4. The average Bonchev–Trinajstić information content (AvgIpc) is 3.36. The number of rotatable bonds is 4. The largest absolute Gasteiger partial charge is 0.497 e. The van der Waals surface area contributed by atoms with E-state index in [9.17, 15) is 4.79 Å². The van der Waals surface area contributed by atoms with E-state index in [-0.39, 0.29) is 17.4 Å². The second-order valence-corrected chi connectivity index (χ2v) is 8.49. The number of aromatic nitrogens is 2. The van der Waals surface area contributed by atoms with Gasteiger partial charge in [-0.15, -0.1) is 0 Å². The number of H-pyrrole nitrogens is 1. The maximum Gasteiger partial charge on any atom is 0.271 e. The highest BCUT2D eigenvalue weighted by Crippen LogP contribution is 2.41. The van der Waals surface area contributed by atoms with E-state index in [0.29, 0.717) is 12.2 Å². The summed E-state index contributed by atoms with van der Waals surface area (Å²) >= 11 is 0. The van der Waals surface area contributed by atoms with Gasteiger partial charge in [-0.25, -0.2) is 4.98 Å². The highest BCUT2D eigenvalue weighted by molar-refractivity contribution is 5.94. The number of fused-ring (bicyclic) bond motifs is 2. The average molecular weight is 380 g/mol. The van der Waals surface area contributed by atoms with Crippen molar-refractivity contribution < 1.29 is 9.53 Å². The fraction of sp³-hybridized carbons (Fsp3) is 0.545. The Morgan fingerprint density at radius 1 is 1.29 bits per heavy atom. The number of carbonyl (C=O) groups excluding carboxylic acids is 1. The Labute approximate surface area is 165 Å². The summed E-state index contributed by atoms with van der Waals surface area (Å²) in [6, 6.07) is 8.13. The van der Waals surface area contributed by atoms with Gasteiger partial charge in [0.25, 0.3) is 5.91 Å². The molecular weight excluding hydrogens is 352 g/mol. The second-order valence-electron chi connectivity index (χ2n) is 8.49. The lowest BCUT2D eigenvalue weighted by Gasteiger charge is -2.31. The van der Waals surface area contributed by atoms with Crippen LogP contribution in [0.3, 0.4) is 0 Å². The molecule has 4 heterocycles. The van der Waals surface area contributed by atoms with Crippen LogP contribution in [0.5, 0.6) is 5.75 Å². The lowest BCUT2D eigenvalue weighted by Crippen LogP contribution is -2.40. The molecule has 2 N–H and O–H groups in total. The molecule has 0 aliphatic carbocycles. The number of nitrogens with one attached hydrogen (secondary N) is 2. The fourth-order valence-electron chi connectivity index (χ4n) is 5.46. The first-order valence-electron chi connectivity index (χ1n) is 10.4. The summed E-state index contributed by atoms with van der Waals surface area (Å²) in [4.78, 5) is 23.6. The molecule has 1 amide bonds. The van der Waals surface area contributed by atoms with E-state index in [1.54, 1.807) is 7.11 Å². The maximum absolute atomic E-state index is 12.7. The van der Waals surface area contributed by atoms with E-state index in [1.165, 1.54) is 44.3 Å². The molecule has 0 bridgehead atoms. The van der Waals surface area contributed by atoms with Crippen molar-refractivity contribution in [2.24, 2.45) is 0 Å². The Balaban J connectivity index is 1.41. The van der Waals surface area contributed by atoms with E-state index < -0.39 is 0 Å². The van der Waals surface area contributed by atoms with Gasteiger partial charge in [-0.1, -0.05) is 12.1 Å². The summed E-state index contributed by atoms with van der Waals surface area (Å²) < 4.78 is 5.37. The molecule has 0 saturated carbocycles. The standard InChI is InChI=1S/C22H28N4O2/c1-28-17-6-2-5-15(11-17)16-12-18-20(21(27)23-14-16)25-19(24-18)13-22-7-3-9-26(22)10-4-8-22/h2,5-6,11,16H,3-4,7-10,12-14H2,1H3,(H,23,27)(H,24,25). The molecule has 2 fully saturated rings. The monoisotopic (exact) mass is 380 g/mol. The molecule has 6 nitrogen and oxygen atoms in total. The van der Waals surface area contributed by atoms with Crippen LogP contribution in [0, 0.1) is 0 Å². The van der Waals surface area contributed by atoms with E-state index in [4.69, 9.17) is 9.72 Å². The number of imidazole rings is 1. The molecule has 1 unspecified atom stereocenters. The van der Waals surface area contributed by atoms with Gasteiger partial charge in [0.05, 0.1) is 7.11 Å². The van der Waals surface area contributed by atoms with E-state index >= 15 is 0 Å². The molecule has 5 rings (SSSR count). The zero-order valence-corrected chi connectivity index (χ0v) is 16.5. The number of nitrogens with zero attached hydrogens (tertiary/aromatic N) is 2. The van der Waals surface area contributed by atoms with Gasteiger partial charge in [-0.3, -0.25) is 9.69 Å². The van der Waals surface area contributed by atoms with Gasteiger partial charge in [0, 0.05) is 30.1 Å². The van der Waals surface area contributed by atoms with Crippen LogP contribution in [0.15, 0.2) is 24.3 Å². The molecular formula is C22H28N4O2. The third kappa shape index (κ3) is 3.00. The SMILES string of the molecule is COc1cccc(C2CNC(=O)c3nc(CC45CCCN4CCC5)[nH]c3C2)c1. The molecule has 0 spiro atoms. The van der Waals surface area contributed by atoms with Gasteiger partial charge in [0.2, 0.25) is 0 Å². The number of hydrogen-bond donors (Lipinski definition) is 2. The van der Waals surface area contributed by atoms with E-state index in [0.717, 1.165) is 30.1 Å². The first kappa shape index (κ1) is 17.7. The Bertz CT molecular complexity index is 880. The van der Waals surface area contributed by atoms with Gasteiger partial charge in [-0.2, -0.15) is 0 Å². The van der Waals surface area contributed by atoms with Gasteiger partial charge >= 0.3 is 0 Å². The molecule has 6 heteroatoms. The molecule has 2 saturated heterocycles. The molecule has 1 atom stereocenters. The quantitative estimate of drug-likeness (QED) is 0.856. The molecule has 1 aromatic heterocycles. The number of carbonyl (C=O) groups is 1. The molecule has 3 aliphatic rings. The van der Waals surface area contributed by atoms with Crippen molar-refractivity contribution in [1.82, 2.24) is 20.2 Å². The van der Waals surface area contributed by atoms with Crippen molar-refractivity contribution in [2.75, 3.05) is 26.7 Å². The summed E-state index contributed by atoms with van der Waals surface area (Å²) in [7, 11) is 1.68. The summed E-state index contributed by atoms with van der Waals surface area (Å²) in [5.74, 6) is 1.97. The van der Waals surface area contributed by atoms with Crippen molar-refractivity contribution in [3.8, 4) is 5.75 Å². The van der Waals surface area contributed by atoms with E-state index in [1.807, 2.05) is 12.1 Å². The number of amides is 1. The third-order valence-electron chi connectivity index (χ3n) is 6.88. The Morgan fingerprint density at radius 2 is 2.11 bits per heavy atom. The maximum atomic E-state index is 12.7. The molecule has 2 aromatic rings. The van der Waals surface area contributed by atoms with Crippen LogP contribution in [0.4, 0.5) is 0 Å². The Hall–Kier alpha value is -2.34. The minimum atomic E-state index is -0.0601. The van der Waals surface area contributed by atoms with Gasteiger partial charge in [0.15, 0.2) is 0 Å². The summed E-state index contributed by atoms with van der Waals surface area (Å²) in [6.07, 6.45) is 6.76. The predicted octanol–water partition coefficient (Wildman–Crippen LogP) is 2.66. The fourth-order valence-corrected chi connectivity index (χ4v) is 5.46. The van der Waals surface area contributed by atoms with Crippen LogP contribution in [-0.2, 0) is 12.8 Å². The summed E-state index contributed by atoms with van der Waals surface area (Å²) in [5, 5.41) is 3.07. The smallest absolute Gasteiger partial charge is 0.271 e. The summed E-state index contributed by atoms with van der Waals surface area (Å²) in [5.41, 5.74) is 3.00. The first-order chi connectivity index (χ1) is 13.7. The molecule has 0 radical (unpaired) electrons. The van der Waals surface area contributed by atoms with Crippen LogP contribution in [-0.4, -0.2) is 53.1 Å². The van der Waals surface area contributed by atoms with Crippen LogP contribution in [0.1, 0.15) is 59.2 Å².